The molecule has 14 heavy (non-hydrogen) atoms. The predicted molar refractivity (Wildman–Crippen MR) is 57.5 cm³/mol. The fraction of sp³-hybridized carbons (Fsp3) is 1.00. The van der Waals surface area contributed by atoms with Gasteiger partial charge in [-0.3, -0.25) is 0 Å². The summed E-state index contributed by atoms with van der Waals surface area (Å²) in [6, 6.07) is 0. The average molecular weight is 288 g/mol. The van der Waals surface area contributed by atoms with Crippen LogP contribution in [0, 0.1) is 0 Å². The summed E-state index contributed by atoms with van der Waals surface area (Å²) in [7, 11) is 0. The molecular formula is C12H26Co2. The fourth-order valence-electron chi connectivity index (χ4n) is 1.56. The van der Waals surface area contributed by atoms with E-state index in [1.54, 1.807) is 0 Å². The van der Waals surface area contributed by atoms with Gasteiger partial charge in [-0.2, -0.15) is 0 Å². The van der Waals surface area contributed by atoms with Gasteiger partial charge in [-0.05, 0) is 0 Å². The van der Waals surface area contributed by atoms with Crippen LogP contribution >= 0.6 is 0 Å². The summed E-state index contributed by atoms with van der Waals surface area (Å²) in [5.41, 5.74) is 0. The maximum atomic E-state index is 2.28. The molecule has 0 aromatic heterocycles. The van der Waals surface area contributed by atoms with Crippen molar-refractivity contribution >= 4 is 0 Å². The summed E-state index contributed by atoms with van der Waals surface area (Å²) < 4.78 is 0. The maximum absolute atomic E-state index is 2.28. The van der Waals surface area contributed by atoms with Crippen LogP contribution in [0.5, 0.6) is 0 Å². The molecule has 0 heterocycles. The van der Waals surface area contributed by atoms with Crippen molar-refractivity contribution in [3.05, 3.63) is 0 Å². The van der Waals surface area contributed by atoms with Crippen molar-refractivity contribution in [1.29, 1.82) is 0 Å². The van der Waals surface area contributed by atoms with Crippen molar-refractivity contribution in [3.8, 4) is 0 Å². The van der Waals surface area contributed by atoms with Gasteiger partial charge in [0.15, 0.2) is 0 Å². The molecule has 0 N–H and O–H groups in total. The zero-order chi connectivity index (χ0) is 9.07. The largest absolute Gasteiger partial charge is 0.0654 e. The molecule has 0 fully saturated rings. The molecule has 0 atom stereocenters. The van der Waals surface area contributed by atoms with Crippen LogP contribution in [0.4, 0.5) is 0 Å². The second-order valence-electron chi connectivity index (χ2n) is 3.83. The molecule has 0 saturated carbocycles. The predicted octanol–water partition coefficient (Wildman–Crippen LogP) is 4.92. The summed E-state index contributed by atoms with van der Waals surface area (Å²) in [4.78, 5) is 0. The zero-order valence-corrected chi connectivity index (χ0v) is 11.8. The standard InChI is InChI=1S/C12H26.2Co/c1-3-5-7-9-11-12-10-8-6-4-2;;/h3-12H2,1-2H3;;. The first-order chi connectivity index (χ1) is 5.91. The molecule has 0 spiro atoms. The van der Waals surface area contributed by atoms with Crippen molar-refractivity contribution in [3.63, 3.8) is 0 Å². The summed E-state index contributed by atoms with van der Waals surface area (Å²) >= 11 is 0. The molecule has 0 aromatic rings. The molecule has 0 aliphatic carbocycles. The summed E-state index contributed by atoms with van der Waals surface area (Å²) in [5, 5.41) is 0. The van der Waals surface area contributed by atoms with E-state index in [1.165, 1.54) is 64.2 Å². The van der Waals surface area contributed by atoms with E-state index in [2.05, 4.69) is 13.8 Å². The van der Waals surface area contributed by atoms with Crippen LogP contribution in [0.15, 0.2) is 0 Å². The van der Waals surface area contributed by atoms with Crippen LogP contribution in [0.25, 0.3) is 0 Å². The third-order valence-corrected chi connectivity index (χ3v) is 2.46. The maximum Gasteiger partial charge on any atom is 0 e. The van der Waals surface area contributed by atoms with Gasteiger partial charge in [-0.1, -0.05) is 78.1 Å². The van der Waals surface area contributed by atoms with Crippen LogP contribution in [0.1, 0.15) is 78.1 Å². The van der Waals surface area contributed by atoms with Gasteiger partial charge < -0.3 is 0 Å². The molecular weight excluding hydrogens is 262 g/mol. The molecule has 2 heteroatoms. The van der Waals surface area contributed by atoms with Crippen molar-refractivity contribution in [2.75, 3.05) is 0 Å². The first kappa shape index (κ1) is 20.4. The second kappa shape index (κ2) is 19.6. The van der Waals surface area contributed by atoms with E-state index in [9.17, 15) is 0 Å². The molecule has 0 bridgehead atoms. The van der Waals surface area contributed by atoms with Crippen LogP contribution in [-0.4, -0.2) is 0 Å². The van der Waals surface area contributed by atoms with Crippen molar-refractivity contribution in [2.24, 2.45) is 0 Å². The summed E-state index contributed by atoms with van der Waals surface area (Å²) in [5.74, 6) is 0. The van der Waals surface area contributed by atoms with Crippen molar-refractivity contribution in [1.82, 2.24) is 0 Å². The van der Waals surface area contributed by atoms with Gasteiger partial charge in [0.1, 0.15) is 0 Å². The Hall–Kier alpha value is 1.01. The van der Waals surface area contributed by atoms with Crippen LogP contribution in [-0.2, 0) is 33.6 Å². The Balaban J connectivity index is -0.000000605. The minimum atomic E-state index is 0. The quantitative estimate of drug-likeness (QED) is 0.528. The molecule has 0 aliphatic heterocycles. The molecule has 0 nitrogen and oxygen atoms in total. The van der Waals surface area contributed by atoms with Crippen LogP contribution in [0.3, 0.4) is 0 Å². The van der Waals surface area contributed by atoms with Crippen LogP contribution < -0.4 is 0 Å². The first-order valence-electron chi connectivity index (χ1n) is 5.91. The van der Waals surface area contributed by atoms with Gasteiger partial charge in [-0.15, -0.1) is 0 Å². The van der Waals surface area contributed by atoms with E-state index in [4.69, 9.17) is 0 Å². The number of unbranched alkanes of at least 4 members (excludes halogenated alkanes) is 9. The van der Waals surface area contributed by atoms with E-state index in [0.717, 1.165) is 0 Å². The number of rotatable bonds is 9. The second-order valence-corrected chi connectivity index (χ2v) is 3.83. The Morgan fingerprint density at radius 1 is 0.429 bits per heavy atom. The van der Waals surface area contributed by atoms with Gasteiger partial charge in [0, 0.05) is 33.6 Å². The van der Waals surface area contributed by atoms with Gasteiger partial charge in [-0.25, -0.2) is 0 Å². The van der Waals surface area contributed by atoms with E-state index < -0.39 is 0 Å². The monoisotopic (exact) mass is 288 g/mol. The van der Waals surface area contributed by atoms with E-state index in [1.807, 2.05) is 0 Å². The molecule has 0 aromatic carbocycles. The minimum Gasteiger partial charge on any atom is -0.0654 e. The number of hydrogen-bond donors (Lipinski definition) is 0. The Morgan fingerprint density at radius 2 is 0.643 bits per heavy atom. The molecule has 92 valence electrons. The van der Waals surface area contributed by atoms with Crippen molar-refractivity contribution in [2.45, 2.75) is 78.1 Å². The van der Waals surface area contributed by atoms with E-state index in [0.29, 0.717) is 0 Å². The fourth-order valence-corrected chi connectivity index (χ4v) is 1.56. The zero-order valence-electron chi connectivity index (χ0n) is 9.74. The molecule has 0 saturated heterocycles. The average Bonchev–Trinajstić information content (AvgIpc) is 2.10. The van der Waals surface area contributed by atoms with Gasteiger partial charge in [0.2, 0.25) is 0 Å². The van der Waals surface area contributed by atoms with Gasteiger partial charge in [0.05, 0.1) is 0 Å². The molecule has 0 aliphatic rings. The normalized spacial score (nSPS) is 9.00. The Morgan fingerprint density at radius 3 is 0.857 bits per heavy atom. The summed E-state index contributed by atoms with van der Waals surface area (Å²) in [6.45, 7) is 4.56. The number of hydrogen-bond acceptors (Lipinski definition) is 0. The summed E-state index contributed by atoms with van der Waals surface area (Å²) in [6.07, 6.45) is 14.4. The van der Waals surface area contributed by atoms with Crippen LogP contribution in [0.2, 0.25) is 0 Å². The smallest absolute Gasteiger partial charge is 0 e. The molecule has 0 rings (SSSR count). The first-order valence-corrected chi connectivity index (χ1v) is 5.91. The minimum absolute atomic E-state index is 0. The van der Waals surface area contributed by atoms with Crippen molar-refractivity contribution < 1.29 is 33.6 Å². The molecule has 0 amide bonds. The third kappa shape index (κ3) is 18.7. The van der Waals surface area contributed by atoms with Gasteiger partial charge >= 0.3 is 0 Å². The Kier molecular flexibility index (Phi) is 28.5. The van der Waals surface area contributed by atoms with Gasteiger partial charge in [0.25, 0.3) is 0 Å². The topological polar surface area (TPSA) is 0 Å². The molecule has 2 radical (unpaired) electrons. The SMILES string of the molecule is CCCCCCCCCCCC.[Co].[Co]. The Bertz CT molecular complexity index is 64.7. The Labute approximate surface area is 111 Å². The molecule has 0 unspecified atom stereocenters. The third-order valence-electron chi connectivity index (χ3n) is 2.46. The van der Waals surface area contributed by atoms with E-state index in [-0.39, 0.29) is 33.6 Å². The van der Waals surface area contributed by atoms with E-state index >= 15 is 0 Å².